The van der Waals surface area contributed by atoms with Gasteiger partial charge in [-0.2, -0.15) is 0 Å². The van der Waals surface area contributed by atoms with Crippen LogP contribution in [-0.2, 0) is 0 Å². The van der Waals surface area contributed by atoms with Crippen LogP contribution in [0.1, 0.15) is 35.5 Å². The minimum absolute atomic E-state index is 0.116. The highest BCUT2D eigenvalue weighted by Gasteiger charge is 2.42. The molecule has 3 heterocycles. The molecule has 0 radical (unpaired) electrons. The van der Waals surface area contributed by atoms with E-state index in [0.717, 1.165) is 0 Å². The number of aliphatic hydroxyl groups excluding tert-OH is 2. The molecule has 0 unspecified atom stereocenters. The third-order valence-corrected chi connectivity index (χ3v) is 5.12. The van der Waals surface area contributed by atoms with Crippen molar-refractivity contribution in [2.45, 2.75) is 50.4 Å². The fourth-order valence-electron chi connectivity index (χ4n) is 3.49. The maximum absolute atomic E-state index is 13.4. The van der Waals surface area contributed by atoms with Crippen molar-refractivity contribution in [3.63, 3.8) is 0 Å². The van der Waals surface area contributed by atoms with E-state index in [9.17, 15) is 23.8 Å². The Morgan fingerprint density at radius 3 is 2.60 bits per heavy atom. The summed E-state index contributed by atoms with van der Waals surface area (Å²) in [5, 5.41) is 20.6. The van der Waals surface area contributed by atoms with Crippen molar-refractivity contribution >= 4 is 5.91 Å². The fourth-order valence-corrected chi connectivity index (χ4v) is 3.49. The lowest BCUT2D eigenvalue weighted by atomic mass is 9.99. The second-order valence-corrected chi connectivity index (χ2v) is 6.82. The molecule has 3 rings (SSSR count). The number of hydrogen-bond acceptors (Lipinski definition) is 6. The van der Waals surface area contributed by atoms with E-state index in [4.69, 9.17) is 4.42 Å². The molecule has 0 aromatic carbocycles. The Balaban J connectivity index is 1.77. The maximum atomic E-state index is 13.4. The Morgan fingerprint density at radius 1 is 1.32 bits per heavy atom. The van der Waals surface area contributed by atoms with Crippen LogP contribution in [0.3, 0.4) is 0 Å². The highest BCUT2D eigenvalue weighted by atomic mass is 19.3. The number of likely N-dealkylation sites (tertiary alicyclic amines) is 2. The van der Waals surface area contributed by atoms with E-state index in [0.29, 0.717) is 5.69 Å². The van der Waals surface area contributed by atoms with Crippen LogP contribution in [-0.4, -0.2) is 81.3 Å². The molecule has 1 aromatic rings. The van der Waals surface area contributed by atoms with Gasteiger partial charge in [-0.1, -0.05) is 0 Å². The number of rotatable bonds is 2. The Bertz CT molecular complexity index is 614. The van der Waals surface area contributed by atoms with Crippen LogP contribution in [0.2, 0.25) is 0 Å². The number of nitrogens with zero attached hydrogens (tertiary/aromatic N) is 3. The summed E-state index contributed by atoms with van der Waals surface area (Å²) in [5.74, 6) is -2.95. The predicted octanol–water partition coefficient (Wildman–Crippen LogP) is 0.650. The molecule has 0 bridgehead atoms. The highest BCUT2D eigenvalue weighted by molar-refractivity contribution is 5.92. The summed E-state index contributed by atoms with van der Waals surface area (Å²) in [4.78, 5) is 19.8. The van der Waals surface area contributed by atoms with Crippen LogP contribution >= 0.6 is 0 Å². The monoisotopic (exact) mass is 359 g/mol. The number of alkyl halides is 2. The van der Waals surface area contributed by atoms with Gasteiger partial charge < -0.3 is 19.5 Å². The molecule has 0 aliphatic carbocycles. The molecule has 3 atom stereocenters. The van der Waals surface area contributed by atoms with E-state index in [2.05, 4.69) is 4.98 Å². The van der Waals surface area contributed by atoms with Crippen LogP contribution in [0.5, 0.6) is 0 Å². The summed E-state index contributed by atoms with van der Waals surface area (Å²) in [6, 6.07) is -0.597. The van der Waals surface area contributed by atoms with E-state index in [-0.39, 0.29) is 57.1 Å². The minimum Gasteiger partial charge on any atom is -0.438 e. The maximum Gasteiger partial charge on any atom is 0.291 e. The molecule has 1 amide bonds. The van der Waals surface area contributed by atoms with Gasteiger partial charge >= 0.3 is 0 Å². The van der Waals surface area contributed by atoms with Crippen molar-refractivity contribution in [1.82, 2.24) is 14.8 Å². The Kier molecular flexibility index (Phi) is 5.08. The second-order valence-electron chi connectivity index (χ2n) is 6.82. The third-order valence-electron chi connectivity index (χ3n) is 5.12. The zero-order valence-electron chi connectivity index (χ0n) is 14.1. The minimum atomic E-state index is -2.70. The summed E-state index contributed by atoms with van der Waals surface area (Å²) in [5.41, 5.74) is 0.463. The number of halogens is 2. The quantitative estimate of drug-likeness (QED) is 0.806. The second kappa shape index (κ2) is 6.97. The van der Waals surface area contributed by atoms with Gasteiger partial charge in [-0.15, -0.1) is 0 Å². The van der Waals surface area contributed by atoms with E-state index in [1.165, 1.54) is 11.3 Å². The van der Waals surface area contributed by atoms with Gasteiger partial charge in [0, 0.05) is 39.0 Å². The standard InChI is InChI=1S/C16H23F2N3O4/c1-10-14(25-9-19-10)15(24)21-5-2-12(22)13(23)11(8-21)20-6-3-16(17,18)4-7-20/h9,11-13,22-23H,2-8H2,1H3/t11-,12-,13+/m1/s1. The molecule has 2 N–H and O–H groups in total. The van der Waals surface area contributed by atoms with Crippen LogP contribution < -0.4 is 0 Å². The molecule has 7 nitrogen and oxygen atoms in total. The normalized spacial score (nSPS) is 30.9. The molecule has 25 heavy (non-hydrogen) atoms. The Hall–Kier alpha value is -1.58. The average molecular weight is 359 g/mol. The lowest BCUT2D eigenvalue weighted by Crippen LogP contribution is -2.55. The molecule has 140 valence electrons. The van der Waals surface area contributed by atoms with Crippen molar-refractivity contribution < 1.29 is 28.2 Å². The first-order valence-corrected chi connectivity index (χ1v) is 8.46. The number of amides is 1. The first kappa shape index (κ1) is 18.2. The molecule has 0 saturated carbocycles. The zero-order valence-corrected chi connectivity index (χ0v) is 14.1. The van der Waals surface area contributed by atoms with E-state index >= 15 is 0 Å². The molecular weight excluding hydrogens is 336 g/mol. The first-order chi connectivity index (χ1) is 11.8. The molecule has 0 spiro atoms. The summed E-state index contributed by atoms with van der Waals surface area (Å²) in [6.45, 7) is 2.28. The number of carbonyl (C=O) groups is 1. The largest absolute Gasteiger partial charge is 0.438 e. The average Bonchev–Trinajstić information content (AvgIpc) is 2.94. The SMILES string of the molecule is Cc1ncoc1C(=O)N1CC[C@@H](O)[C@@H](O)[C@H](N2CCC(F)(F)CC2)C1. The Labute approximate surface area is 144 Å². The predicted molar refractivity (Wildman–Crippen MR) is 83.3 cm³/mol. The van der Waals surface area contributed by atoms with Crippen molar-refractivity contribution in [2.24, 2.45) is 0 Å². The Morgan fingerprint density at radius 2 is 2.00 bits per heavy atom. The molecule has 1 aromatic heterocycles. The number of aliphatic hydroxyl groups is 2. The van der Waals surface area contributed by atoms with E-state index in [1.807, 2.05) is 0 Å². The summed E-state index contributed by atoms with van der Waals surface area (Å²) in [6.07, 6.45) is -1.29. The molecule has 2 aliphatic rings. The van der Waals surface area contributed by atoms with Crippen LogP contribution in [0.25, 0.3) is 0 Å². The molecular formula is C16H23F2N3O4. The van der Waals surface area contributed by atoms with Crippen molar-refractivity contribution in [3.8, 4) is 0 Å². The zero-order chi connectivity index (χ0) is 18.2. The van der Waals surface area contributed by atoms with Gasteiger partial charge in [0.1, 0.15) is 0 Å². The van der Waals surface area contributed by atoms with E-state index in [1.54, 1.807) is 11.8 Å². The number of piperidine rings is 1. The number of hydrogen-bond donors (Lipinski definition) is 2. The first-order valence-electron chi connectivity index (χ1n) is 8.46. The fraction of sp³-hybridized carbons (Fsp3) is 0.750. The number of aromatic nitrogens is 1. The van der Waals surface area contributed by atoms with Crippen molar-refractivity contribution in [3.05, 3.63) is 17.8 Å². The van der Waals surface area contributed by atoms with Crippen LogP contribution in [0.15, 0.2) is 10.8 Å². The van der Waals surface area contributed by atoms with Gasteiger partial charge in [0.15, 0.2) is 6.39 Å². The lowest BCUT2D eigenvalue weighted by molar-refractivity contribution is -0.0892. The number of aryl methyl sites for hydroxylation is 1. The van der Waals surface area contributed by atoms with Gasteiger partial charge in [0.25, 0.3) is 11.8 Å². The highest BCUT2D eigenvalue weighted by Crippen LogP contribution is 2.30. The third kappa shape index (κ3) is 3.83. The summed E-state index contributed by atoms with van der Waals surface area (Å²) in [7, 11) is 0. The van der Waals surface area contributed by atoms with Gasteiger partial charge in [-0.05, 0) is 13.3 Å². The van der Waals surface area contributed by atoms with Gasteiger partial charge in [-0.25, -0.2) is 13.8 Å². The topological polar surface area (TPSA) is 90.0 Å². The molecule has 2 fully saturated rings. The van der Waals surface area contributed by atoms with Crippen molar-refractivity contribution in [1.29, 1.82) is 0 Å². The number of carbonyl (C=O) groups excluding carboxylic acids is 1. The lowest BCUT2D eigenvalue weighted by Gasteiger charge is -2.40. The van der Waals surface area contributed by atoms with Crippen LogP contribution in [0.4, 0.5) is 8.78 Å². The van der Waals surface area contributed by atoms with Crippen LogP contribution in [0, 0.1) is 6.92 Å². The molecule has 2 aliphatic heterocycles. The molecule has 2 saturated heterocycles. The molecule has 9 heteroatoms. The van der Waals surface area contributed by atoms with Gasteiger partial charge in [-0.3, -0.25) is 9.69 Å². The smallest absolute Gasteiger partial charge is 0.291 e. The number of oxazole rings is 1. The van der Waals surface area contributed by atoms with E-state index < -0.39 is 24.2 Å². The van der Waals surface area contributed by atoms with Crippen molar-refractivity contribution in [2.75, 3.05) is 26.2 Å². The van der Waals surface area contributed by atoms with Gasteiger partial charge in [0.05, 0.1) is 23.9 Å². The summed E-state index contributed by atoms with van der Waals surface area (Å²) >= 11 is 0. The summed E-state index contributed by atoms with van der Waals surface area (Å²) < 4.78 is 32.0. The van der Waals surface area contributed by atoms with Gasteiger partial charge in [0.2, 0.25) is 5.76 Å².